The van der Waals surface area contributed by atoms with Crippen LogP contribution in [0.25, 0.3) is 22.2 Å². The summed E-state index contributed by atoms with van der Waals surface area (Å²) in [6.07, 6.45) is 4.65. The summed E-state index contributed by atoms with van der Waals surface area (Å²) in [6.45, 7) is 3.12. The van der Waals surface area contributed by atoms with E-state index in [9.17, 15) is 31.1 Å². The Balaban J connectivity index is 1.86. The third-order valence-electron chi connectivity index (χ3n) is 6.70. The third kappa shape index (κ3) is 6.82. The number of unbranched alkanes of at least 4 members (excludes halogenated alkanes) is 2. The molecule has 0 spiro atoms. The summed E-state index contributed by atoms with van der Waals surface area (Å²) in [4.78, 5) is 11.0. The van der Waals surface area contributed by atoms with E-state index < -0.39 is 37.0 Å². The van der Waals surface area contributed by atoms with Gasteiger partial charge in [0, 0.05) is 29.6 Å². The maximum absolute atomic E-state index is 14.4. The highest BCUT2D eigenvalue weighted by Gasteiger charge is 2.72. The number of halogens is 6. The van der Waals surface area contributed by atoms with Gasteiger partial charge in [0.05, 0.1) is 18.3 Å². The number of hydrogen-bond donors (Lipinski definition) is 0. The van der Waals surface area contributed by atoms with Crippen molar-refractivity contribution in [3.05, 3.63) is 60.7 Å². The van der Waals surface area contributed by atoms with Crippen molar-refractivity contribution < 1.29 is 45.3 Å². The maximum Gasteiger partial charge on any atom is 0.378 e. The number of benzene rings is 2. The molecule has 0 aliphatic carbocycles. The smallest absolute Gasteiger partial charge is 0.378 e. The highest BCUT2D eigenvalue weighted by molar-refractivity contribution is 5.89. The van der Waals surface area contributed by atoms with E-state index in [0.717, 1.165) is 47.9 Å². The molecule has 224 valence electrons. The van der Waals surface area contributed by atoms with E-state index in [1.165, 1.54) is 12.1 Å². The Morgan fingerprint density at radius 1 is 0.951 bits per heavy atom. The van der Waals surface area contributed by atoms with Gasteiger partial charge in [-0.2, -0.15) is 26.3 Å². The predicted molar refractivity (Wildman–Crippen MR) is 144 cm³/mol. The van der Waals surface area contributed by atoms with Crippen LogP contribution in [0.2, 0.25) is 0 Å². The summed E-state index contributed by atoms with van der Waals surface area (Å²) >= 11 is 0. The molecular formula is C30H33F6NO4. The molecule has 11 heteroatoms. The molecule has 0 saturated carbocycles. The number of aryl methyl sites for hydroxylation is 2. The lowest BCUT2D eigenvalue weighted by atomic mass is 10.0. The molecule has 0 bridgehead atoms. The summed E-state index contributed by atoms with van der Waals surface area (Å²) in [5, 5.41) is 0.718. The molecule has 0 unspecified atom stereocenters. The van der Waals surface area contributed by atoms with Crippen molar-refractivity contribution >= 4 is 16.9 Å². The zero-order valence-electron chi connectivity index (χ0n) is 23.1. The minimum Gasteiger partial charge on any atom is -0.496 e. The van der Waals surface area contributed by atoms with Crippen molar-refractivity contribution in [2.24, 2.45) is 0 Å². The highest BCUT2D eigenvalue weighted by Crippen LogP contribution is 2.46. The zero-order chi connectivity index (χ0) is 30.4. The van der Waals surface area contributed by atoms with E-state index in [0.29, 0.717) is 23.9 Å². The van der Waals surface area contributed by atoms with Gasteiger partial charge in [0.15, 0.2) is 13.2 Å². The molecule has 2 aromatic carbocycles. The van der Waals surface area contributed by atoms with Gasteiger partial charge in [-0.15, -0.1) is 0 Å². The molecule has 0 aliphatic heterocycles. The Labute approximate surface area is 234 Å². The monoisotopic (exact) mass is 585 g/mol. The molecule has 3 rings (SSSR count). The molecule has 0 atom stereocenters. The van der Waals surface area contributed by atoms with Gasteiger partial charge in [0.25, 0.3) is 0 Å². The van der Waals surface area contributed by atoms with Crippen LogP contribution in [-0.4, -0.2) is 48.6 Å². The number of fused-ring (bicyclic) bond motifs is 1. The Morgan fingerprint density at radius 2 is 1.66 bits per heavy atom. The van der Waals surface area contributed by atoms with Gasteiger partial charge in [0.2, 0.25) is 0 Å². The SMILES string of the molecule is C=CC(=O)OCC(F)(F)C(F)(F)C(F)(F)COc1ccc2cc(-c3ccc(CCCCC)cc3OC)n(CC)c2c1. The molecule has 1 aromatic heterocycles. The molecule has 0 saturated heterocycles. The summed E-state index contributed by atoms with van der Waals surface area (Å²) in [5.74, 6) is -17.5. The number of nitrogens with zero attached hydrogens (tertiary/aromatic N) is 1. The van der Waals surface area contributed by atoms with E-state index in [-0.39, 0.29) is 5.75 Å². The van der Waals surface area contributed by atoms with Crippen LogP contribution < -0.4 is 9.47 Å². The van der Waals surface area contributed by atoms with E-state index in [4.69, 9.17) is 9.47 Å². The molecule has 0 aliphatic rings. The third-order valence-corrected chi connectivity index (χ3v) is 6.70. The van der Waals surface area contributed by atoms with Gasteiger partial charge in [-0.3, -0.25) is 0 Å². The fraction of sp³-hybridized carbons (Fsp3) is 0.433. The molecule has 0 fully saturated rings. The molecule has 0 N–H and O–H groups in total. The number of ether oxygens (including phenoxy) is 3. The number of carbonyl (C=O) groups is 1. The van der Waals surface area contributed by atoms with Crippen molar-refractivity contribution in [2.75, 3.05) is 20.3 Å². The topological polar surface area (TPSA) is 49.7 Å². The molecule has 3 aromatic rings. The minimum atomic E-state index is -5.87. The Kier molecular flexibility index (Phi) is 10.0. The first-order valence-corrected chi connectivity index (χ1v) is 13.2. The van der Waals surface area contributed by atoms with Gasteiger partial charge in [0.1, 0.15) is 11.5 Å². The van der Waals surface area contributed by atoms with Crippen LogP contribution in [0.4, 0.5) is 26.3 Å². The Hall–Kier alpha value is -3.63. The largest absolute Gasteiger partial charge is 0.496 e. The van der Waals surface area contributed by atoms with Crippen LogP contribution >= 0.6 is 0 Å². The molecule has 41 heavy (non-hydrogen) atoms. The van der Waals surface area contributed by atoms with Crippen LogP contribution in [0.1, 0.15) is 38.7 Å². The van der Waals surface area contributed by atoms with Crippen molar-refractivity contribution in [1.82, 2.24) is 4.57 Å². The average Bonchev–Trinajstić information content (AvgIpc) is 3.32. The molecular weight excluding hydrogens is 552 g/mol. The first kappa shape index (κ1) is 31.9. The van der Waals surface area contributed by atoms with Crippen LogP contribution in [0.15, 0.2) is 55.1 Å². The van der Waals surface area contributed by atoms with Crippen LogP contribution in [0, 0.1) is 0 Å². The van der Waals surface area contributed by atoms with Gasteiger partial charge >= 0.3 is 23.7 Å². The predicted octanol–water partition coefficient (Wildman–Crippen LogP) is 8.08. The number of alkyl halides is 6. The summed E-state index contributed by atoms with van der Waals surface area (Å²) in [7, 11) is 1.57. The van der Waals surface area contributed by atoms with Crippen molar-refractivity contribution in [1.29, 1.82) is 0 Å². The van der Waals surface area contributed by atoms with E-state index in [1.807, 2.05) is 35.8 Å². The van der Waals surface area contributed by atoms with Gasteiger partial charge in [-0.1, -0.05) is 32.4 Å². The lowest BCUT2D eigenvalue weighted by molar-refractivity contribution is -0.322. The first-order valence-electron chi connectivity index (χ1n) is 13.2. The number of aromatic nitrogens is 1. The van der Waals surface area contributed by atoms with E-state index >= 15 is 0 Å². The van der Waals surface area contributed by atoms with E-state index in [2.05, 4.69) is 18.2 Å². The van der Waals surface area contributed by atoms with E-state index in [1.54, 1.807) is 13.2 Å². The zero-order valence-corrected chi connectivity index (χ0v) is 23.1. The average molecular weight is 586 g/mol. The Morgan fingerprint density at radius 3 is 2.29 bits per heavy atom. The van der Waals surface area contributed by atoms with Gasteiger partial charge in [-0.25, -0.2) is 4.79 Å². The fourth-order valence-electron chi connectivity index (χ4n) is 4.41. The van der Waals surface area contributed by atoms with Crippen LogP contribution in [0.5, 0.6) is 11.5 Å². The lowest BCUT2D eigenvalue weighted by Crippen LogP contribution is -2.58. The van der Waals surface area contributed by atoms with Gasteiger partial charge < -0.3 is 18.8 Å². The van der Waals surface area contributed by atoms with Crippen molar-refractivity contribution in [3.63, 3.8) is 0 Å². The summed E-state index contributed by atoms with van der Waals surface area (Å²) < 4.78 is 101. The fourth-order valence-corrected chi connectivity index (χ4v) is 4.41. The molecule has 0 amide bonds. The summed E-state index contributed by atoms with van der Waals surface area (Å²) in [5.41, 5.74) is 3.28. The minimum absolute atomic E-state index is 0.216. The quantitative estimate of drug-likeness (QED) is 0.0783. The van der Waals surface area contributed by atoms with Crippen LogP contribution in [-0.2, 0) is 22.5 Å². The number of rotatable bonds is 15. The van der Waals surface area contributed by atoms with Crippen molar-refractivity contribution in [3.8, 4) is 22.8 Å². The number of esters is 1. The number of hydrogen-bond acceptors (Lipinski definition) is 4. The second-order valence-corrected chi connectivity index (χ2v) is 9.57. The standard InChI is InChI=1S/C30H33F6NO4/c1-5-8-9-10-20-11-14-23(26(15-20)39-4)25-16-21-12-13-22(17-24(21)37(25)7-3)40-18-28(31,32)30(35,36)29(33,34)19-41-27(38)6-2/h6,11-17H,2,5,7-10,18-19H2,1,3-4H3. The van der Waals surface area contributed by atoms with Crippen molar-refractivity contribution in [2.45, 2.75) is 63.8 Å². The number of carbonyl (C=O) groups excluding carboxylic acids is 1. The molecule has 0 radical (unpaired) electrons. The number of methoxy groups -OCH3 is 1. The summed E-state index contributed by atoms with van der Waals surface area (Å²) in [6, 6.07) is 12.1. The molecule has 1 heterocycles. The second-order valence-electron chi connectivity index (χ2n) is 9.57. The highest BCUT2D eigenvalue weighted by atomic mass is 19.3. The molecule has 5 nitrogen and oxygen atoms in total. The van der Waals surface area contributed by atoms with Crippen LogP contribution in [0.3, 0.4) is 0 Å². The lowest BCUT2D eigenvalue weighted by Gasteiger charge is -2.32. The first-order chi connectivity index (χ1) is 19.3. The normalized spacial score (nSPS) is 12.4. The van der Waals surface area contributed by atoms with Gasteiger partial charge in [-0.05, 0) is 55.7 Å². The Bertz CT molecular complexity index is 1370. The maximum atomic E-state index is 14.4. The second kappa shape index (κ2) is 12.9.